The second-order valence-corrected chi connectivity index (χ2v) is 4.59. The molecule has 1 amide bonds. The van der Waals surface area contributed by atoms with Crippen LogP contribution in [0.1, 0.15) is 31.7 Å². The maximum Gasteiger partial charge on any atom is 0.336 e. The standard InChI is InChI=1S/C15H16FNO3/c1-3-20-15(19)14-9(2)17-13(18)8-11(14)10-6-4-5-7-12(10)16/h4-7,11H,3,8H2,1-2H3,(H,17,18)/t11-/m0/s1. The molecule has 1 N–H and O–H groups in total. The number of allylic oxidation sites excluding steroid dienone is 1. The molecule has 1 aromatic rings. The van der Waals surface area contributed by atoms with Crippen molar-refractivity contribution in [2.45, 2.75) is 26.2 Å². The molecule has 2 rings (SSSR count). The fourth-order valence-corrected chi connectivity index (χ4v) is 2.40. The Morgan fingerprint density at radius 1 is 1.45 bits per heavy atom. The topological polar surface area (TPSA) is 55.4 Å². The van der Waals surface area contributed by atoms with Gasteiger partial charge in [0.1, 0.15) is 5.82 Å². The van der Waals surface area contributed by atoms with E-state index in [1.807, 2.05) is 0 Å². The summed E-state index contributed by atoms with van der Waals surface area (Å²) in [5.74, 6) is -1.78. The summed E-state index contributed by atoms with van der Waals surface area (Å²) in [5, 5.41) is 2.61. The fourth-order valence-electron chi connectivity index (χ4n) is 2.40. The highest BCUT2D eigenvalue weighted by Crippen LogP contribution is 2.34. The molecule has 0 bridgehead atoms. The number of carbonyl (C=O) groups is 2. The molecule has 1 aliphatic rings. The van der Waals surface area contributed by atoms with Gasteiger partial charge in [-0.1, -0.05) is 18.2 Å². The van der Waals surface area contributed by atoms with Gasteiger partial charge in [0.2, 0.25) is 5.91 Å². The molecular formula is C15H16FNO3. The van der Waals surface area contributed by atoms with Crippen LogP contribution < -0.4 is 5.32 Å². The van der Waals surface area contributed by atoms with Crippen LogP contribution in [0.4, 0.5) is 4.39 Å². The van der Waals surface area contributed by atoms with Crippen molar-refractivity contribution >= 4 is 11.9 Å². The number of halogens is 1. The van der Waals surface area contributed by atoms with E-state index in [4.69, 9.17) is 4.74 Å². The van der Waals surface area contributed by atoms with E-state index in [1.54, 1.807) is 32.0 Å². The number of nitrogens with one attached hydrogen (secondary N) is 1. The van der Waals surface area contributed by atoms with Gasteiger partial charge in [-0.3, -0.25) is 4.79 Å². The van der Waals surface area contributed by atoms with Gasteiger partial charge in [-0.2, -0.15) is 0 Å². The average molecular weight is 277 g/mol. The van der Waals surface area contributed by atoms with Crippen LogP contribution in [-0.4, -0.2) is 18.5 Å². The lowest BCUT2D eigenvalue weighted by molar-refractivity contribution is -0.139. The summed E-state index contributed by atoms with van der Waals surface area (Å²) in [4.78, 5) is 23.7. The molecule has 0 radical (unpaired) electrons. The Balaban J connectivity index is 2.48. The molecule has 106 valence electrons. The molecule has 1 aromatic carbocycles. The highest BCUT2D eigenvalue weighted by molar-refractivity contribution is 5.95. The van der Waals surface area contributed by atoms with Crippen LogP contribution in [0.15, 0.2) is 35.5 Å². The Bertz CT molecular complexity index is 580. The minimum Gasteiger partial charge on any atom is -0.463 e. The van der Waals surface area contributed by atoms with Crippen molar-refractivity contribution in [3.05, 3.63) is 46.9 Å². The van der Waals surface area contributed by atoms with E-state index in [9.17, 15) is 14.0 Å². The van der Waals surface area contributed by atoms with Crippen molar-refractivity contribution in [3.8, 4) is 0 Å². The lowest BCUT2D eigenvalue weighted by Crippen LogP contribution is -2.34. The molecule has 1 aliphatic heterocycles. The minimum absolute atomic E-state index is 0.0341. The van der Waals surface area contributed by atoms with Gasteiger partial charge < -0.3 is 10.1 Å². The van der Waals surface area contributed by atoms with Gasteiger partial charge in [-0.25, -0.2) is 9.18 Å². The van der Waals surface area contributed by atoms with Crippen molar-refractivity contribution in [1.29, 1.82) is 0 Å². The van der Waals surface area contributed by atoms with Gasteiger partial charge in [0.05, 0.1) is 12.2 Å². The number of hydrogen-bond acceptors (Lipinski definition) is 3. The average Bonchev–Trinajstić information content (AvgIpc) is 2.38. The summed E-state index contributed by atoms with van der Waals surface area (Å²) in [7, 11) is 0. The number of carbonyl (C=O) groups excluding carboxylic acids is 2. The Labute approximate surface area is 116 Å². The highest BCUT2D eigenvalue weighted by Gasteiger charge is 2.33. The minimum atomic E-state index is -0.607. The molecule has 0 fully saturated rings. The molecule has 0 aromatic heterocycles. The van der Waals surface area contributed by atoms with Crippen molar-refractivity contribution in [1.82, 2.24) is 5.32 Å². The largest absolute Gasteiger partial charge is 0.463 e. The van der Waals surface area contributed by atoms with E-state index in [1.165, 1.54) is 6.07 Å². The van der Waals surface area contributed by atoms with E-state index in [2.05, 4.69) is 5.32 Å². The summed E-state index contributed by atoms with van der Waals surface area (Å²) in [6.45, 7) is 3.55. The van der Waals surface area contributed by atoms with E-state index in [0.717, 1.165) is 0 Å². The van der Waals surface area contributed by atoms with Gasteiger partial charge in [-0.15, -0.1) is 0 Å². The predicted octanol–water partition coefficient (Wildman–Crippen LogP) is 2.27. The molecule has 0 aliphatic carbocycles. The number of hydrogen-bond donors (Lipinski definition) is 1. The second-order valence-electron chi connectivity index (χ2n) is 4.59. The van der Waals surface area contributed by atoms with E-state index < -0.39 is 17.7 Å². The fraction of sp³-hybridized carbons (Fsp3) is 0.333. The van der Waals surface area contributed by atoms with Crippen LogP contribution in [0.3, 0.4) is 0 Å². The van der Waals surface area contributed by atoms with Gasteiger partial charge in [0, 0.05) is 18.0 Å². The van der Waals surface area contributed by atoms with Crippen LogP contribution in [-0.2, 0) is 14.3 Å². The summed E-state index contributed by atoms with van der Waals surface area (Å²) in [6.07, 6.45) is 0.0341. The zero-order valence-corrected chi connectivity index (χ0v) is 11.4. The third-order valence-corrected chi connectivity index (χ3v) is 3.24. The molecule has 4 nitrogen and oxygen atoms in total. The number of esters is 1. The number of benzene rings is 1. The molecular weight excluding hydrogens is 261 g/mol. The smallest absolute Gasteiger partial charge is 0.336 e. The normalized spacial score (nSPS) is 18.8. The Morgan fingerprint density at radius 3 is 2.80 bits per heavy atom. The third-order valence-electron chi connectivity index (χ3n) is 3.24. The zero-order valence-electron chi connectivity index (χ0n) is 11.4. The number of rotatable bonds is 3. The summed E-state index contributed by atoms with van der Waals surface area (Å²) in [5.41, 5.74) is 1.08. The van der Waals surface area contributed by atoms with Gasteiger partial charge in [0.25, 0.3) is 0 Å². The number of ether oxygens (including phenoxy) is 1. The lowest BCUT2D eigenvalue weighted by atomic mass is 9.84. The van der Waals surface area contributed by atoms with Crippen LogP contribution in [0.25, 0.3) is 0 Å². The highest BCUT2D eigenvalue weighted by atomic mass is 19.1. The first kappa shape index (κ1) is 14.2. The molecule has 1 heterocycles. The van der Waals surface area contributed by atoms with Gasteiger partial charge >= 0.3 is 5.97 Å². The van der Waals surface area contributed by atoms with Crippen LogP contribution >= 0.6 is 0 Å². The second kappa shape index (κ2) is 5.86. The van der Waals surface area contributed by atoms with Gasteiger partial charge in [-0.05, 0) is 25.5 Å². The summed E-state index contributed by atoms with van der Waals surface area (Å²) < 4.78 is 19.0. The first-order valence-electron chi connectivity index (χ1n) is 6.46. The van der Waals surface area contributed by atoms with Crippen molar-refractivity contribution in [3.63, 3.8) is 0 Å². The zero-order chi connectivity index (χ0) is 14.7. The van der Waals surface area contributed by atoms with Crippen molar-refractivity contribution in [2.75, 3.05) is 6.61 Å². The van der Waals surface area contributed by atoms with E-state index in [-0.39, 0.29) is 18.9 Å². The molecule has 1 atom stereocenters. The van der Waals surface area contributed by atoms with Crippen LogP contribution in [0, 0.1) is 5.82 Å². The maximum atomic E-state index is 13.9. The Morgan fingerprint density at radius 2 is 2.15 bits per heavy atom. The first-order valence-corrected chi connectivity index (χ1v) is 6.46. The van der Waals surface area contributed by atoms with Crippen molar-refractivity contribution < 1.29 is 18.7 Å². The summed E-state index contributed by atoms with van der Waals surface area (Å²) >= 11 is 0. The first-order chi connectivity index (χ1) is 9.54. The van der Waals surface area contributed by atoms with E-state index >= 15 is 0 Å². The Hall–Kier alpha value is -2.17. The molecule has 0 saturated heterocycles. The Kier molecular flexibility index (Phi) is 4.17. The number of amides is 1. The maximum absolute atomic E-state index is 13.9. The predicted molar refractivity (Wildman–Crippen MR) is 71.2 cm³/mol. The lowest BCUT2D eigenvalue weighted by Gasteiger charge is -2.26. The van der Waals surface area contributed by atoms with Crippen LogP contribution in [0.5, 0.6) is 0 Å². The van der Waals surface area contributed by atoms with Gasteiger partial charge in [0.15, 0.2) is 0 Å². The quantitative estimate of drug-likeness (QED) is 0.862. The third kappa shape index (κ3) is 2.71. The SMILES string of the molecule is CCOC(=O)C1=C(C)NC(=O)C[C@H]1c1ccccc1F. The molecule has 20 heavy (non-hydrogen) atoms. The molecule has 0 saturated carbocycles. The van der Waals surface area contributed by atoms with E-state index in [0.29, 0.717) is 16.8 Å². The monoisotopic (exact) mass is 277 g/mol. The summed E-state index contributed by atoms with van der Waals surface area (Å²) in [6, 6.07) is 6.16. The van der Waals surface area contributed by atoms with Crippen molar-refractivity contribution in [2.24, 2.45) is 0 Å². The molecule has 5 heteroatoms. The van der Waals surface area contributed by atoms with Crippen LogP contribution in [0.2, 0.25) is 0 Å². The molecule has 0 spiro atoms. The molecule has 0 unspecified atom stereocenters.